The van der Waals surface area contributed by atoms with Gasteiger partial charge in [-0.2, -0.15) is 11.3 Å². The summed E-state index contributed by atoms with van der Waals surface area (Å²) < 4.78 is 0.844. The molecule has 2 aromatic rings. The van der Waals surface area contributed by atoms with Crippen molar-refractivity contribution in [3.05, 3.63) is 38.9 Å². The van der Waals surface area contributed by atoms with E-state index in [2.05, 4.69) is 54.5 Å². The van der Waals surface area contributed by atoms with Crippen LogP contribution in [0.5, 0.6) is 0 Å². The van der Waals surface area contributed by atoms with Gasteiger partial charge in [-0.05, 0) is 38.3 Å². The Morgan fingerprint density at radius 3 is 2.88 bits per heavy atom. The lowest BCUT2D eigenvalue weighted by molar-refractivity contribution is 0.855. The molecule has 0 fully saturated rings. The van der Waals surface area contributed by atoms with Crippen molar-refractivity contribution < 1.29 is 0 Å². The Morgan fingerprint density at radius 2 is 2.24 bits per heavy atom. The number of aryl methyl sites for hydroxylation is 1. The van der Waals surface area contributed by atoms with Gasteiger partial charge in [-0.1, -0.05) is 6.92 Å². The Balaban J connectivity index is 2.18. The zero-order valence-electron chi connectivity index (χ0n) is 9.85. The van der Waals surface area contributed by atoms with Crippen LogP contribution < -0.4 is 4.90 Å². The first-order chi connectivity index (χ1) is 8.19. The highest BCUT2D eigenvalue weighted by atomic mass is 79.9. The van der Waals surface area contributed by atoms with Gasteiger partial charge in [0.2, 0.25) is 0 Å². The van der Waals surface area contributed by atoms with E-state index in [-0.39, 0.29) is 0 Å². The van der Waals surface area contributed by atoms with Crippen LogP contribution in [0.1, 0.15) is 18.3 Å². The fourth-order valence-electron chi connectivity index (χ4n) is 1.54. The summed E-state index contributed by atoms with van der Waals surface area (Å²) in [6.07, 6.45) is 0.846. The first kappa shape index (κ1) is 12.5. The second kappa shape index (κ2) is 5.60. The van der Waals surface area contributed by atoms with Crippen LogP contribution in [0.25, 0.3) is 0 Å². The number of anilines is 1. The molecule has 0 saturated carbocycles. The maximum atomic E-state index is 4.52. The quantitative estimate of drug-likeness (QED) is 0.809. The number of aromatic nitrogens is 2. The summed E-state index contributed by atoms with van der Waals surface area (Å²) in [5, 5.41) is 4.25. The molecular formula is C12H14BrN3S. The molecule has 0 aliphatic heterocycles. The Kier molecular flexibility index (Phi) is 4.12. The highest BCUT2D eigenvalue weighted by Gasteiger charge is 2.07. The summed E-state index contributed by atoms with van der Waals surface area (Å²) in [7, 11) is 2.05. The van der Waals surface area contributed by atoms with Crippen LogP contribution in [0.3, 0.4) is 0 Å². The topological polar surface area (TPSA) is 29.0 Å². The minimum absolute atomic E-state index is 0.844. The van der Waals surface area contributed by atoms with Gasteiger partial charge in [0.1, 0.15) is 16.2 Å². The smallest absolute Gasteiger partial charge is 0.133 e. The van der Waals surface area contributed by atoms with Crippen molar-refractivity contribution in [3.8, 4) is 0 Å². The fourth-order valence-corrected chi connectivity index (χ4v) is 2.61. The first-order valence-electron chi connectivity index (χ1n) is 5.44. The summed E-state index contributed by atoms with van der Waals surface area (Å²) in [5.74, 6) is 1.82. The van der Waals surface area contributed by atoms with Gasteiger partial charge in [-0.3, -0.25) is 0 Å². The molecule has 0 N–H and O–H groups in total. The van der Waals surface area contributed by atoms with Crippen molar-refractivity contribution >= 4 is 33.1 Å². The normalized spacial score (nSPS) is 10.5. The molecule has 0 aliphatic carbocycles. The van der Waals surface area contributed by atoms with Gasteiger partial charge in [-0.25, -0.2) is 9.97 Å². The third-order valence-corrected chi connectivity index (χ3v) is 3.57. The van der Waals surface area contributed by atoms with Gasteiger partial charge in [-0.15, -0.1) is 0 Å². The van der Waals surface area contributed by atoms with Crippen LogP contribution in [0.2, 0.25) is 0 Å². The fraction of sp³-hybridized carbons (Fsp3) is 0.333. The van der Waals surface area contributed by atoms with E-state index in [0.717, 1.165) is 29.2 Å². The molecule has 0 saturated heterocycles. The van der Waals surface area contributed by atoms with E-state index in [1.54, 1.807) is 11.3 Å². The molecule has 0 amide bonds. The molecule has 0 bridgehead atoms. The molecule has 17 heavy (non-hydrogen) atoms. The van der Waals surface area contributed by atoms with E-state index in [1.165, 1.54) is 5.56 Å². The molecule has 0 aromatic carbocycles. The van der Waals surface area contributed by atoms with Crippen LogP contribution in [-0.2, 0) is 13.0 Å². The zero-order chi connectivity index (χ0) is 12.3. The SMILES string of the molecule is CCc1nc(Br)cc(N(C)Cc2ccsc2)n1. The second-order valence-electron chi connectivity index (χ2n) is 3.81. The number of halogens is 1. The summed E-state index contributed by atoms with van der Waals surface area (Å²) in [6, 6.07) is 4.09. The molecule has 2 rings (SSSR count). The minimum atomic E-state index is 0.844. The molecule has 0 atom stereocenters. The van der Waals surface area contributed by atoms with Crippen LogP contribution >= 0.6 is 27.3 Å². The lowest BCUT2D eigenvalue weighted by atomic mass is 10.3. The van der Waals surface area contributed by atoms with Gasteiger partial charge in [0, 0.05) is 26.1 Å². The van der Waals surface area contributed by atoms with E-state index in [1.807, 2.05) is 13.1 Å². The van der Waals surface area contributed by atoms with Crippen molar-refractivity contribution in [3.63, 3.8) is 0 Å². The Hall–Kier alpha value is -0.940. The van der Waals surface area contributed by atoms with Crippen molar-refractivity contribution in [2.75, 3.05) is 11.9 Å². The average Bonchev–Trinajstić information content (AvgIpc) is 2.81. The summed E-state index contributed by atoms with van der Waals surface area (Å²) in [5.41, 5.74) is 1.31. The molecule has 0 aliphatic rings. The molecular weight excluding hydrogens is 298 g/mol. The number of nitrogens with zero attached hydrogens (tertiary/aromatic N) is 3. The van der Waals surface area contributed by atoms with Gasteiger partial charge >= 0.3 is 0 Å². The number of thiophene rings is 1. The van der Waals surface area contributed by atoms with Gasteiger partial charge in [0.25, 0.3) is 0 Å². The third-order valence-electron chi connectivity index (χ3n) is 2.43. The largest absolute Gasteiger partial charge is 0.355 e. The Morgan fingerprint density at radius 1 is 1.41 bits per heavy atom. The molecule has 2 aromatic heterocycles. The monoisotopic (exact) mass is 311 g/mol. The minimum Gasteiger partial charge on any atom is -0.355 e. The zero-order valence-corrected chi connectivity index (χ0v) is 12.3. The predicted molar refractivity (Wildman–Crippen MR) is 75.5 cm³/mol. The van der Waals surface area contributed by atoms with Gasteiger partial charge in [0.05, 0.1) is 0 Å². The maximum absolute atomic E-state index is 4.52. The van der Waals surface area contributed by atoms with Gasteiger partial charge in [0.15, 0.2) is 0 Å². The number of rotatable bonds is 4. The first-order valence-corrected chi connectivity index (χ1v) is 7.18. The van der Waals surface area contributed by atoms with Crippen LogP contribution in [0.4, 0.5) is 5.82 Å². The Labute approximate surface area is 114 Å². The van der Waals surface area contributed by atoms with Crippen LogP contribution in [0.15, 0.2) is 27.5 Å². The van der Waals surface area contributed by atoms with Crippen LogP contribution in [0, 0.1) is 0 Å². The summed E-state index contributed by atoms with van der Waals surface area (Å²) in [4.78, 5) is 11.0. The van der Waals surface area contributed by atoms with Gasteiger partial charge < -0.3 is 4.90 Å². The number of hydrogen-bond donors (Lipinski definition) is 0. The standard InChI is InChI=1S/C12H14BrN3S/c1-3-11-14-10(13)6-12(15-11)16(2)7-9-4-5-17-8-9/h4-6,8H,3,7H2,1-2H3. The van der Waals surface area contributed by atoms with Crippen LogP contribution in [-0.4, -0.2) is 17.0 Å². The third kappa shape index (κ3) is 3.26. The highest BCUT2D eigenvalue weighted by Crippen LogP contribution is 2.18. The average molecular weight is 312 g/mol. The number of hydrogen-bond acceptors (Lipinski definition) is 4. The Bertz CT molecular complexity index is 485. The van der Waals surface area contributed by atoms with Crippen molar-refractivity contribution in [1.29, 1.82) is 0 Å². The molecule has 3 nitrogen and oxygen atoms in total. The van der Waals surface area contributed by atoms with E-state index in [4.69, 9.17) is 0 Å². The van der Waals surface area contributed by atoms with E-state index in [0.29, 0.717) is 0 Å². The van der Waals surface area contributed by atoms with E-state index >= 15 is 0 Å². The van der Waals surface area contributed by atoms with E-state index in [9.17, 15) is 0 Å². The summed E-state index contributed by atoms with van der Waals surface area (Å²) >= 11 is 5.14. The lowest BCUT2D eigenvalue weighted by Gasteiger charge is -2.18. The highest BCUT2D eigenvalue weighted by molar-refractivity contribution is 9.10. The van der Waals surface area contributed by atoms with E-state index < -0.39 is 0 Å². The molecule has 2 heterocycles. The van der Waals surface area contributed by atoms with Crippen molar-refractivity contribution in [2.45, 2.75) is 19.9 Å². The molecule has 0 unspecified atom stereocenters. The predicted octanol–water partition coefficient (Wildman–Crippen LogP) is 3.50. The van der Waals surface area contributed by atoms with Crippen molar-refractivity contribution in [2.24, 2.45) is 0 Å². The summed E-state index contributed by atoms with van der Waals surface area (Å²) in [6.45, 7) is 2.93. The molecule has 0 spiro atoms. The maximum Gasteiger partial charge on any atom is 0.133 e. The second-order valence-corrected chi connectivity index (χ2v) is 5.40. The molecule has 90 valence electrons. The molecule has 0 radical (unpaired) electrons. The molecule has 5 heteroatoms. The van der Waals surface area contributed by atoms with Crippen molar-refractivity contribution in [1.82, 2.24) is 9.97 Å². The lowest BCUT2D eigenvalue weighted by Crippen LogP contribution is -2.18.